The van der Waals surface area contributed by atoms with Crippen LogP contribution in [0.25, 0.3) is 0 Å². The van der Waals surface area contributed by atoms with Gasteiger partial charge in [-0.2, -0.15) is 0 Å². The quantitative estimate of drug-likeness (QED) is 0.616. The zero-order valence-electron chi connectivity index (χ0n) is 8.47. The van der Waals surface area contributed by atoms with Crippen molar-refractivity contribution in [2.24, 2.45) is 0 Å². The number of hydrogen-bond acceptors (Lipinski definition) is 2. The third-order valence-corrected chi connectivity index (χ3v) is 1.42. The molecule has 0 aromatic carbocycles. The first kappa shape index (κ1) is 11.7. The minimum Gasteiger partial charge on any atom is -0.357 e. The summed E-state index contributed by atoms with van der Waals surface area (Å²) in [7, 11) is 1.53. The van der Waals surface area contributed by atoms with Gasteiger partial charge in [0.05, 0.1) is 0 Å². The standard InChI is InChI=1S/C9H16N2O2/c1-6(2)5-8(12)11-7(3)9(13)10-4/h5,7H,1-4H3,(H,10,13)(H,11,12). The molecule has 2 N–H and O–H groups in total. The zero-order chi connectivity index (χ0) is 10.4. The van der Waals surface area contributed by atoms with Crippen molar-refractivity contribution in [2.75, 3.05) is 7.05 Å². The highest BCUT2D eigenvalue weighted by Gasteiger charge is 2.11. The van der Waals surface area contributed by atoms with Crippen molar-refractivity contribution in [2.45, 2.75) is 26.8 Å². The maximum Gasteiger partial charge on any atom is 0.244 e. The molecule has 0 heterocycles. The Balaban J connectivity index is 4.07. The molecule has 4 heteroatoms. The summed E-state index contributed by atoms with van der Waals surface area (Å²) in [5.74, 6) is -0.438. The molecular formula is C9H16N2O2. The number of nitrogens with one attached hydrogen (secondary N) is 2. The average molecular weight is 184 g/mol. The van der Waals surface area contributed by atoms with Gasteiger partial charge >= 0.3 is 0 Å². The van der Waals surface area contributed by atoms with Crippen LogP contribution in [0.3, 0.4) is 0 Å². The highest BCUT2D eigenvalue weighted by atomic mass is 16.2. The summed E-state index contributed by atoms with van der Waals surface area (Å²) in [6, 6.07) is -0.493. The fourth-order valence-electron chi connectivity index (χ4n) is 0.799. The van der Waals surface area contributed by atoms with Crippen molar-refractivity contribution in [3.8, 4) is 0 Å². The van der Waals surface area contributed by atoms with Gasteiger partial charge in [0.2, 0.25) is 11.8 Å². The second kappa shape index (κ2) is 5.35. The lowest BCUT2D eigenvalue weighted by molar-refractivity contribution is -0.126. The number of allylic oxidation sites excluding steroid dienone is 1. The number of carbonyl (C=O) groups excluding carboxylic acids is 2. The lowest BCUT2D eigenvalue weighted by Gasteiger charge is -2.10. The van der Waals surface area contributed by atoms with Crippen molar-refractivity contribution in [1.82, 2.24) is 10.6 Å². The van der Waals surface area contributed by atoms with Crippen LogP contribution < -0.4 is 10.6 Å². The van der Waals surface area contributed by atoms with E-state index in [0.29, 0.717) is 0 Å². The minimum atomic E-state index is -0.493. The van der Waals surface area contributed by atoms with Crippen LogP contribution in [0.15, 0.2) is 11.6 Å². The van der Waals surface area contributed by atoms with E-state index in [4.69, 9.17) is 0 Å². The monoisotopic (exact) mass is 184 g/mol. The highest BCUT2D eigenvalue weighted by molar-refractivity contribution is 5.92. The molecule has 0 aromatic heterocycles. The van der Waals surface area contributed by atoms with E-state index >= 15 is 0 Å². The predicted octanol–water partition coefficient (Wildman–Crippen LogP) is 0.203. The SMILES string of the molecule is CNC(=O)C(C)NC(=O)C=C(C)C. The van der Waals surface area contributed by atoms with Gasteiger partial charge in [-0.3, -0.25) is 9.59 Å². The van der Waals surface area contributed by atoms with Gasteiger partial charge in [0.1, 0.15) is 6.04 Å². The minimum absolute atomic E-state index is 0.199. The molecule has 4 nitrogen and oxygen atoms in total. The van der Waals surface area contributed by atoms with E-state index in [9.17, 15) is 9.59 Å². The van der Waals surface area contributed by atoms with Crippen molar-refractivity contribution in [3.63, 3.8) is 0 Å². The van der Waals surface area contributed by atoms with E-state index in [1.54, 1.807) is 6.92 Å². The second-order valence-electron chi connectivity index (χ2n) is 3.07. The van der Waals surface area contributed by atoms with E-state index in [2.05, 4.69) is 10.6 Å². The topological polar surface area (TPSA) is 58.2 Å². The van der Waals surface area contributed by atoms with Crippen LogP contribution in [0.2, 0.25) is 0 Å². The van der Waals surface area contributed by atoms with Crippen molar-refractivity contribution in [1.29, 1.82) is 0 Å². The Bertz CT molecular complexity index is 230. The van der Waals surface area contributed by atoms with E-state index in [1.165, 1.54) is 13.1 Å². The Morgan fingerprint density at radius 1 is 1.31 bits per heavy atom. The van der Waals surface area contributed by atoms with E-state index in [0.717, 1.165) is 5.57 Å². The van der Waals surface area contributed by atoms with Crippen LogP contribution in [-0.2, 0) is 9.59 Å². The van der Waals surface area contributed by atoms with Gasteiger partial charge in [-0.15, -0.1) is 0 Å². The van der Waals surface area contributed by atoms with Crippen LogP contribution in [0.1, 0.15) is 20.8 Å². The van der Waals surface area contributed by atoms with Crippen molar-refractivity contribution < 1.29 is 9.59 Å². The largest absolute Gasteiger partial charge is 0.357 e. The van der Waals surface area contributed by atoms with Crippen molar-refractivity contribution in [3.05, 3.63) is 11.6 Å². The molecule has 13 heavy (non-hydrogen) atoms. The Kier molecular flexibility index (Phi) is 4.80. The molecule has 1 unspecified atom stereocenters. The number of amides is 2. The van der Waals surface area contributed by atoms with Gasteiger partial charge in [-0.05, 0) is 20.8 Å². The summed E-state index contributed by atoms with van der Waals surface area (Å²) in [6.45, 7) is 5.28. The average Bonchev–Trinajstić information content (AvgIpc) is 2.01. The molecule has 0 aliphatic carbocycles. The van der Waals surface area contributed by atoms with Crippen LogP contribution >= 0.6 is 0 Å². The third-order valence-electron chi connectivity index (χ3n) is 1.42. The Hall–Kier alpha value is -1.32. The second-order valence-corrected chi connectivity index (χ2v) is 3.07. The van der Waals surface area contributed by atoms with E-state index < -0.39 is 6.04 Å². The lowest BCUT2D eigenvalue weighted by Crippen LogP contribution is -2.43. The molecule has 0 saturated heterocycles. The molecular weight excluding hydrogens is 168 g/mol. The summed E-state index contributed by atoms with van der Waals surface area (Å²) in [5, 5.41) is 4.98. The van der Waals surface area contributed by atoms with E-state index in [1.807, 2.05) is 13.8 Å². The van der Waals surface area contributed by atoms with Gasteiger partial charge in [0.15, 0.2) is 0 Å². The number of rotatable bonds is 3. The molecule has 2 amide bonds. The first-order chi connectivity index (χ1) is 5.97. The normalized spacial score (nSPS) is 11.4. The summed E-state index contributed by atoms with van der Waals surface area (Å²) in [6.07, 6.45) is 1.46. The Labute approximate surface area is 78.4 Å². The molecule has 0 aliphatic heterocycles. The molecule has 0 aromatic rings. The van der Waals surface area contributed by atoms with Crippen LogP contribution in [0, 0.1) is 0 Å². The van der Waals surface area contributed by atoms with Crippen LogP contribution in [0.5, 0.6) is 0 Å². The fourth-order valence-corrected chi connectivity index (χ4v) is 0.799. The first-order valence-corrected chi connectivity index (χ1v) is 4.14. The fraction of sp³-hybridized carbons (Fsp3) is 0.556. The maximum absolute atomic E-state index is 11.1. The van der Waals surface area contributed by atoms with Gasteiger partial charge < -0.3 is 10.6 Å². The van der Waals surface area contributed by atoms with Gasteiger partial charge in [-0.1, -0.05) is 5.57 Å². The van der Waals surface area contributed by atoms with Gasteiger partial charge in [-0.25, -0.2) is 0 Å². The Morgan fingerprint density at radius 2 is 1.85 bits per heavy atom. The molecule has 0 spiro atoms. The molecule has 0 radical (unpaired) electrons. The number of likely N-dealkylation sites (N-methyl/N-ethyl adjacent to an activating group) is 1. The van der Waals surface area contributed by atoms with Gasteiger partial charge in [0.25, 0.3) is 0 Å². The third kappa shape index (κ3) is 5.00. The Morgan fingerprint density at radius 3 is 2.23 bits per heavy atom. The predicted molar refractivity (Wildman–Crippen MR) is 51.1 cm³/mol. The number of carbonyl (C=O) groups is 2. The smallest absolute Gasteiger partial charge is 0.244 e. The summed E-state index contributed by atoms with van der Waals surface area (Å²) in [4.78, 5) is 22.1. The van der Waals surface area contributed by atoms with Crippen LogP contribution in [0.4, 0.5) is 0 Å². The number of hydrogen-bond donors (Lipinski definition) is 2. The molecule has 0 aliphatic rings. The summed E-state index contributed by atoms with van der Waals surface area (Å²) >= 11 is 0. The first-order valence-electron chi connectivity index (χ1n) is 4.14. The lowest BCUT2D eigenvalue weighted by atomic mass is 10.3. The van der Waals surface area contributed by atoms with E-state index in [-0.39, 0.29) is 11.8 Å². The van der Waals surface area contributed by atoms with Crippen LogP contribution in [-0.4, -0.2) is 24.9 Å². The molecule has 0 rings (SSSR count). The molecule has 0 fully saturated rings. The zero-order valence-corrected chi connectivity index (χ0v) is 8.47. The summed E-state index contributed by atoms with van der Waals surface area (Å²) < 4.78 is 0. The molecule has 74 valence electrons. The maximum atomic E-state index is 11.1. The molecule has 0 bridgehead atoms. The van der Waals surface area contributed by atoms with Crippen molar-refractivity contribution >= 4 is 11.8 Å². The molecule has 1 atom stereocenters. The summed E-state index contributed by atoms with van der Waals surface area (Å²) in [5.41, 5.74) is 0.904. The van der Waals surface area contributed by atoms with Gasteiger partial charge in [0, 0.05) is 13.1 Å². The molecule has 0 saturated carbocycles. The highest BCUT2D eigenvalue weighted by Crippen LogP contribution is 1.89.